The fourth-order valence-electron chi connectivity index (χ4n) is 1.59. The van der Waals surface area contributed by atoms with E-state index in [0.29, 0.717) is 0 Å². The molecule has 62 valence electrons. The zero-order valence-corrected chi connectivity index (χ0v) is 6.86. The molecule has 2 aromatic rings. The first-order valence-electron chi connectivity index (χ1n) is 4.12. The normalized spacial score (nSPS) is 12.9. The molecule has 0 aliphatic carbocycles. The van der Waals surface area contributed by atoms with Gasteiger partial charge in [-0.25, -0.2) is 9.98 Å². The van der Waals surface area contributed by atoms with Crippen LogP contribution in [0.3, 0.4) is 0 Å². The summed E-state index contributed by atoms with van der Waals surface area (Å²) in [7, 11) is 0. The van der Waals surface area contributed by atoms with Crippen LogP contribution in [0.25, 0.3) is 10.8 Å². The number of pyridine rings is 1. The summed E-state index contributed by atoms with van der Waals surface area (Å²) >= 11 is 0. The maximum atomic E-state index is 4.20. The Morgan fingerprint density at radius 2 is 2.15 bits per heavy atom. The molecule has 3 nitrogen and oxygen atoms in total. The largest absolute Gasteiger partial charge is 0.346 e. The van der Waals surface area contributed by atoms with E-state index in [1.54, 1.807) is 12.5 Å². The summed E-state index contributed by atoms with van der Waals surface area (Å²) in [5, 5.41) is 5.37. The molecule has 0 fully saturated rings. The molecule has 0 saturated heterocycles. The minimum Gasteiger partial charge on any atom is -0.346 e. The first-order chi connectivity index (χ1) is 6.45. The second-order valence-electron chi connectivity index (χ2n) is 2.94. The van der Waals surface area contributed by atoms with E-state index in [0.717, 1.165) is 16.9 Å². The van der Waals surface area contributed by atoms with Crippen molar-refractivity contribution < 1.29 is 0 Å². The van der Waals surface area contributed by atoms with Gasteiger partial charge >= 0.3 is 0 Å². The third kappa shape index (κ3) is 0.839. The highest BCUT2D eigenvalue weighted by Gasteiger charge is 2.08. The zero-order valence-electron chi connectivity index (χ0n) is 6.86. The van der Waals surface area contributed by atoms with E-state index in [1.165, 1.54) is 5.39 Å². The number of aliphatic imine (C=N–C) groups is 1. The van der Waals surface area contributed by atoms with E-state index >= 15 is 0 Å². The summed E-state index contributed by atoms with van der Waals surface area (Å²) < 4.78 is 0. The maximum Gasteiger partial charge on any atom is 0.163 e. The summed E-state index contributed by atoms with van der Waals surface area (Å²) in [4.78, 5) is 8.36. The summed E-state index contributed by atoms with van der Waals surface area (Å²) in [6.45, 7) is 0. The van der Waals surface area contributed by atoms with Crippen molar-refractivity contribution in [2.24, 2.45) is 4.99 Å². The van der Waals surface area contributed by atoms with E-state index in [1.807, 2.05) is 18.2 Å². The van der Waals surface area contributed by atoms with Crippen molar-refractivity contribution in [2.75, 3.05) is 5.32 Å². The topological polar surface area (TPSA) is 37.3 Å². The molecule has 13 heavy (non-hydrogen) atoms. The molecule has 0 spiro atoms. The van der Waals surface area contributed by atoms with Gasteiger partial charge in [0.2, 0.25) is 0 Å². The molecule has 0 atom stereocenters. The highest BCUT2D eigenvalue weighted by atomic mass is 15.0. The lowest BCUT2D eigenvalue weighted by molar-refractivity contribution is 1.30. The van der Waals surface area contributed by atoms with Crippen molar-refractivity contribution in [2.45, 2.75) is 0 Å². The first kappa shape index (κ1) is 6.60. The molecule has 1 aromatic carbocycles. The molecule has 0 saturated carbocycles. The van der Waals surface area contributed by atoms with Crippen LogP contribution in [0.2, 0.25) is 0 Å². The Hall–Kier alpha value is -1.90. The van der Waals surface area contributed by atoms with Gasteiger partial charge in [0.15, 0.2) is 5.82 Å². The minimum atomic E-state index is 0.798. The number of hydrogen-bond acceptors (Lipinski definition) is 3. The molecule has 0 amide bonds. The monoisotopic (exact) mass is 169 g/mol. The average Bonchev–Trinajstić information content (AvgIpc) is 2.19. The molecule has 1 aliphatic heterocycles. The Morgan fingerprint density at radius 3 is 3.15 bits per heavy atom. The maximum absolute atomic E-state index is 4.20. The fourth-order valence-corrected chi connectivity index (χ4v) is 1.59. The van der Waals surface area contributed by atoms with E-state index in [2.05, 4.69) is 21.4 Å². The predicted octanol–water partition coefficient (Wildman–Crippen LogP) is 2.32. The molecule has 0 unspecified atom stereocenters. The van der Waals surface area contributed by atoms with Gasteiger partial charge in [0.25, 0.3) is 0 Å². The van der Waals surface area contributed by atoms with Crippen LogP contribution in [0.1, 0.15) is 0 Å². The van der Waals surface area contributed by atoms with Gasteiger partial charge in [0.1, 0.15) is 0 Å². The molecule has 0 radical (unpaired) electrons. The molecule has 2 heterocycles. The van der Waals surface area contributed by atoms with Gasteiger partial charge < -0.3 is 5.32 Å². The Bertz CT molecular complexity index is 497. The molecular weight excluding hydrogens is 162 g/mol. The smallest absolute Gasteiger partial charge is 0.163 e. The number of aromatic nitrogens is 1. The summed E-state index contributed by atoms with van der Waals surface area (Å²) in [5.41, 5.74) is 1.08. The van der Waals surface area contributed by atoms with Crippen molar-refractivity contribution in [3.8, 4) is 0 Å². The predicted molar refractivity (Wildman–Crippen MR) is 53.5 cm³/mol. The lowest BCUT2D eigenvalue weighted by atomic mass is 10.1. The Labute approximate surface area is 75.1 Å². The Morgan fingerprint density at radius 1 is 1.15 bits per heavy atom. The van der Waals surface area contributed by atoms with Crippen LogP contribution in [-0.4, -0.2) is 11.3 Å². The second-order valence-corrected chi connectivity index (χ2v) is 2.94. The van der Waals surface area contributed by atoms with Crippen LogP contribution in [0.5, 0.6) is 0 Å². The van der Waals surface area contributed by atoms with Crippen molar-refractivity contribution in [3.05, 3.63) is 30.5 Å². The molecular formula is C10H7N3. The second kappa shape index (κ2) is 2.29. The number of rotatable bonds is 0. The number of benzene rings is 1. The average molecular weight is 169 g/mol. The van der Waals surface area contributed by atoms with E-state index < -0.39 is 0 Å². The van der Waals surface area contributed by atoms with Crippen molar-refractivity contribution >= 4 is 28.6 Å². The van der Waals surface area contributed by atoms with Crippen LogP contribution in [0.4, 0.5) is 11.5 Å². The van der Waals surface area contributed by atoms with Crippen LogP contribution in [0, 0.1) is 0 Å². The van der Waals surface area contributed by atoms with Gasteiger partial charge in [-0.1, -0.05) is 12.1 Å². The summed E-state index contributed by atoms with van der Waals surface area (Å²) in [6.07, 6.45) is 3.45. The number of hydrogen-bond donors (Lipinski definition) is 1. The SMILES string of the molecule is C1=Nc2nccc3cccc(c23)N1. The highest BCUT2D eigenvalue weighted by Crippen LogP contribution is 2.32. The Kier molecular flexibility index (Phi) is 1.16. The molecule has 1 aromatic heterocycles. The zero-order chi connectivity index (χ0) is 8.67. The highest BCUT2D eigenvalue weighted by molar-refractivity contribution is 6.06. The quantitative estimate of drug-likeness (QED) is 0.657. The van der Waals surface area contributed by atoms with Gasteiger partial charge in [-0.2, -0.15) is 0 Å². The number of anilines is 1. The summed E-state index contributed by atoms with van der Waals surface area (Å²) in [5.74, 6) is 0.798. The molecule has 1 aliphatic rings. The van der Waals surface area contributed by atoms with E-state index in [-0.39, 0.29) is 0 Å². The lowest BCUT2D eigenvalue weighted by Gasteiger charge is -2.11. The molecule has 0 bridgehead atoms. The van der Waals surface area contributed by atoms with Crippen LogP contribution in [0.15, 0.2) is 35.5 Å². The standard InChI is InChI=1S/C10H7N3/c1-2-7-4-5-11-10-9(7)8(3-1)12-6-13-10/h1-6H,(H,11,12,13). The third-order valence-electron chi connectivity index (χ3n) is 2.18. The Balaban J connectivity index is 2.56. The van der Waals surface area contributed by atoms with Crippen molar-refractivity contribution in [1.29, 1.82) is 0 Å². The number of nitrogens with zero attached hydrogens (tertiary/aromatic N) is 2. The van der Waals surface area contributed by atoms with Crippen LogP contribution in [-0.2, 0) is 0 Å². The number of nitrogens with one attached hydrogen (secondary N) is 1. The first-order valence-corrected chi connectivity index (χ1v) is 4.12. The molecule has 3 rings (SSSR count). The lowest BCUT2D eigenvalue weighted by Crippen LogP contribution is -2.00. The van der Waals surface area contributed by atoms with Gasteiger partial charge in [-0.3, -0.25) is 0 Å². The van der Waals surface area contributed by atoms with Gasteiger partial charge in [-0.05, 0) is 17.5 Å². The third-order valence-corrected chi connectivity index (χ3v) is 2.18. The van der Waals surface area contributed by atoms with Crippen LogP contribution >= 0.6 is 0 Å². The van der Waals surface area contributed by atoms with E-state index in [4.69, 9.17) is 0 Å². The molecule has 1 N–H and O–H groups in total. The van der Waals surface area contributed by atoms with Crippen LogP contribution < -0.4 is 5.32 Å². The molecule has 3 heteroatoms. The minimum absolute atomic E-state index is 0.798. The van der Waals surface area contributed by atoms with Crippen molar-refractivity contribution in [1.82, 2.24) is 4.98 Å². The summed E-state index contributed by atoms with van der Waals surface area (Å²) in [6, 6.07) is 8.10. The van der Waals surface area contributed by atoms with Gasteiger partial charge in [0, 0.05) is 6.20 Å². The van der Waals surface area contributed by atoms with Gasteiger partial charge in [0.05, 0.1) is 17.4 Å². The van der Waals surface area contributed by atoms with Crippen molar-refractivity contribution in [3.63, 3.8) is 0 Å². The van der Waals surface area contributed by atoms with E-state index in [9.17, 15) is 0 Å². The van der Waals surface area contributed by atoms with Gasteiger partial charge in [-0.15, -0.1) is 0 Å². The fraction of sp³-hybridized carbons (Fsp3) is 0.